The van der Waals surface area contributed by atoms with Gasteiger partial charge in [-0.1, -0.05) is 42.5 Å². The lowest BCUT2D eigenvalue weighted by atomic mass is 9.93. The molecule has 0 saturated carbocycles. The van der Waals surface area contributed by atoms with Gasteiger partial charge in [-0.25, -0.2) is 0 Å². The Hall–Kier alpha value is -2.68. The molecule has 3 rings (SSSR count). The van der Waals surface area contributed by atoms with E-state index in [0.717, 1.165) is 11.3 Å². The van der Waals surface area contributed by atoms with Crippen LogP contribution in [0.25, 0.3) is 6.08 Å². The number of allylic oxidation sites excluding steroid dienone is 1. The van der Waals surface area contributed by atoms with Gasteiger partial charge in [-0.15, -0.1) is 0 Å². The lowest BCUT2D eigenvalue weighted by Crippen LogP contribution is -2.25. The Balaban J connectivity index is 2.01. The maximum Gasteiger partial charge on any atom is 0.249 e. The van der Waals surface area contributed by atoms with Gasteiger partial charge in [0.1, 0.15) is 0 Å². The molecule has 0 bridgehead atoms. The van der Waals surface area contributed by atoms with Gasteiger partial charge in [-0.3, -0.25) is 9.59 Å². The highest BCUT2D eigenvalue weighted by Gasteiger charge is 2.27. The maximum absolute atomic E-state index is 12.0. The Bertz CT molecular complexity index is 687. The number of anilines is 1. The minimum Gasteiger partial charge on any atom is -0.352 e. The average molecular weight is 249 g/mol. The van der Waals surface area contributed by atoms with Crippen LogP contribution in [0.1, 0.15) is 15.9 Å². The summed E-state index contributed by atoms with van der Waals surface area (Å²) in [5, 5.41) is 2.99. The summed E-state index contributed by atoms with van der Waals surface area (Å²) < 4.78 is 0. The quantitative estimate of drug-likeness (QED) is 0.832. The van der Waals surface area contributed by atoms with Crippen molar-refractivity contribution in [1.82, 2.24) is 0 Å². The normalized spacial score (nSPS) is 13.8. The average Bonchev–Trinajstić information content (AvgIpc) is 2.46. The van der Waals surface area contributed by atoms with Crippen LogP contribution in [0.2, 0.25) is 0 Å². The summed E-state index contributed by atoms with van der Waals surface area (Å²) in [6.45, 7) is 0. The van der Waals surface area contributed by atoms with E-state index in [1.165, 1.54) is 0 Å². The molecule has 0 spiro atoms. The maximum atomic E-state index is 12.0. The Kier molecular flexibility index (Phi) is 2.72. The van der Waals surface area contributed by atoms with E-state index in [-0.39, 0.29) is 0 Å². The number of Topliss-reactive ketones (excluding diaryl/α,β-unsaturated/α-hetero) is 2. The number of rotatable bonds is 2. The highest BCUT2D eigenvalue weighted by Crippen LogP contribution is 2.22. The van der Waals surface area contributed by atoms with Crippen LogP contribution < -0.4 is 5.32 Å². The van der Waals surface area contributed by atoms with Gasteiger partial charge in [0.2, 0.25) is 11.6 Å². The minimum absolute atomic E-state index is 0.315. The second kappa shape index (κ2) is 4.53. The van der Waals surface area contributed by atoms with Crippen molar-refractivity contribution in [3.05, 3.63) is 71.4 Å². The van der Waals surface area contributed by atoms with Crippen molar-refractivity contribution in [2.75, 3.05) is 5.32 Å². The molecule has 2 aromatic carbocycles. The zero-order chi connectivity index (χ0) is 13.2. The number of hydrogen-bond donors (Lipinski definition) is 1. The van der Waals surface area contributed by atoms with Gasteiger partial charge in [0.25, 0.3) is 0 Å². The fraction of sp³-hybridized carbons (Fsp3) is 0. The van der Waals surface area contributed by atoms with Crippen molar-refractivity contribution in [2.24, 2.45) is 0 Å². The van der Waals surface area contributed by atoms with Gasteiger partial charge in [-0.05, 0) is 23.8 Å². The lowest BCUT2D eigenvalue weighted by molar-refractivity contribution is -0.111. The molecule has 0 heterocycles. The number of ketones is 2. The predicted molar refractivity (Wildman–Crippen MR) is 73.8 cm³/mol. The predicted octanol–water partition coefficient (Wildman–Crippen LogP) is 2.91. The first-order valence-corrected chi connectivity index (χ1v) is 5.97. The van der Waals surface area contributed by atoms with E-state index in [9.17, 15) is 9.59 Å². The van der Waals surface area contributed by atoms with Crippen molar-refractivity contribution in [3.63, 3.8) is 0 Å². The number of benzene rings is 2. The summed E-state index contributed by atoms with van der Waals surface area (Å²) in [6, 6.07) is 16.4. The van der Waals surface area contributed by atoms with Crippen LogP contribution in [0.4, 0.5) is 5.69 Å². The molecular weight excluding hydrogens is 238 g/mol. The molecule has 19 heavy (non-hydrogen) atoms. The first-order valence-electron chi connectivity index (χ1n) is 5.97. The molecule has 0 aliphatic heterocycles. The Labute approximate surface area is 110 Å². The fourth-order valence-electron chi connectivity index (χ4n) is 2.07. The van der Waals surface area contributed by atoms with Gasteiger partial charge in [-0.2, -0.15) is 0 Å². The third-order valence-corrected chi connectivity index (χ3v) is 3.01. The van der Waals surface area contributed by atoms with Gasteiger partial charge < -0.3 is 5.32 Å². The molecule has 2 aromatic rings. The van der Waals surface area contributed by atoms with Gasteiger partial charge in [0.05, 0.1) is 5.70 Å². The van der Waals surface area contributed by atoms with Crippen LogP contribution in [0, 0.1) is 0 Å². The summed E-state index contributed by atoms with van der Waals surface area (Å²) in [7, 11) is 0. The zero-order valence-corrected chi connectivity index (χ0v) is 10.1. The molecule has 0 saturated heterocycles. The highest BCUT2D eigenvalue weighted by molar-refractivity contribution is 6.52. The first-order chi connectivity index (χ1) is 9.25. The third-order valence-electron chi connectivity index (χ3n) is 3.01. The summed E-state index contributed by atoms with van der Waals surface area (Å²) >= 11 is 0. The molecule has 3 nitrogen and oxygen atoms in total. The summed E-state index contributed by atoms with van der Waals surface area (Å²) in [4.78, 5) is 24.0. The second-order valence-electron chi connectivity index (χ2n) is 4.29. The van der Waals surface area contributed by atoms with Crippen LogP contribution in [0.5, 0.6) is 0 Å². The topological polar surface area (TPSA) is 46.2 Å². The molecule has 0 aromatic heterocycles. The molecule has 0 radical (unpaired) electrons. The molecule has 0 amide bonds. The van der Waals surface area contributed by atoms with E-state index >= 15 is 0 Å². The molecule has 1 N–H and O–H groups in total. The van der Waals surface area contributed by atoms with Crippen LogP contribution in [-0.2, 0) is 4.79 Å². The number of carbonyl (C=O) groups is 2. The molecule has 1 aliphatic carbocycles. The smallest absolute Gasteiger partial charge is 0.249 e. The van der Waals surface area contributed by atoms with Crippen molar-refractivity contribution in [1.29, 1.82) is 0 Å². The zero-order valence-electron chi connectivity index (χ0n) is 10.1. The first kappa shape index (κ1) is 11.4. The number of hydrogen-bond acceptors (Lipinski definition) is 3. The van der Waals surface area contributed by atoms with Crippen LogP contribution in [-0.4, -0.2) is 11.6 Å². The molecule has 92 valence electrons. The monoisotopic (exact) mass is 249 g/mol. The van der Waals surface area contributed by atoms with Crippen molar-refractivity contribution in [3.8, 4) is 0 Å². The van der Waals surface area contributed by atoms with E-state index in [1.54, 1.807) is 18.2 Å². The molecule has 1 aliphatic rings. The number of carbonyl (C=O) groups excluding carboxylic acids is 2. The number of fused-ring (bicyclic) bond motifs is 1. The summed E-state index contributed by atoms with van der Waals surface area (Å²) in [5.41, 5.74) is 2.33. The van der Waals surface area contributed by atoms with Crippen molar-refractivity contribution in [2.45, 2.75) is 0 Å². The Morgan fingerprint density at radius 3 is 2.21 bits per heavy atom. The summed E-state index contributed by atoms with van der Waals surface area (Å²) in [5.74, 6) is -0.959. The number of nitrogens with one attached hydrogen (secondary N) is 1. The van der Waals surface area contributed by atoms with E-state index in [2.05, 4.69) is 5.32 Å². The second-order valence-corrected chi connectivity index (χ2v) is 4.29. The molecule has 0 atom stereocenters. The number of para-hydroxylation sites is 1. The third kappa shape index (κ3) is 2.06. The van der Waals surface area contributed by atoms with Gasteiger partial charge in [0.15, 0.2) is 0 Å². The molecular formula is C16H11NO2. The van der Waals surface area contributed by atoms with E-state index in [0.29, 0.717) is 11.3 Å². The van der Waals surface area contributed by atoms with Crippen LogP contribution in [0.15, 0.2) is 60.3 Å². The minimum atomic E-state index is -0.498. The fourth-order valence-corrected chi connectivity index (χ4v) is 2.07. The standard InChI is InChI=1S/C16H11NO2/c18-15-13-9-5-4-6-11(13)10-14(16(15)19)17-12-7-2-1-3-8-12/h1-10,17H. The van der Waals surface area contributed by atoms with Crippen molar-refractivity contribution >= 4 is 23.3 Å². The lowest BCUT2D eigenvalue weighted by Gasteiger charge is -2.15. The Morgan fingerprint density at radius 1 is 0.737 bits per heavy atom. The van der Waals surface area contributed by atoms with Crippen LogP contribution >= 0.6 is 0 Å². The Morgan fingerprint density at radius 2 is 1.42 bits per heavy atom. The van der Waals surface area contributed by atoms with E-state index in [4.69, 9.17) is 0 Å². The summed E-state index contributed by atoms with van der Waals surface area (Å²) in [6.07, 6.45) is 1.71. The van der Waals surface area contributed by atoms with Gasteiger partial charge in [0, 0.05) is 11.3 Å². The van der Waals surface area contributed by atoms with Crippen molar-refractivity contribution < 1.29 is 9.59 Å². The van der Waals surface area contributed by atoms with Crippen LogP contribution in [0.3, 0.4) is 0 Å². The van der Waals surface area contributed by atoms with E-state index < -0.39 is 11.6 Å². The highest BCUT2D eigenvalue weighted by atomic mass is 16.2. The molecule has 0 fully saturated rings. The SMILES string of the molecule is O=C1C(=O)c2ccccc2C=C1Nc1ccccc1. The molecule has 0 unspecified atom stereocenters. The van der Waals surface area contributed by atoms with E-state index in [1.807, 2.05) is 42.5 Å². The molecule has 3 heteroatoms. The largest absolute Gasteiger partial charge is 0.352 e. The van der Waals surface area contributed by atoms with Gasteiger partial charge >= 0.3 is 0 Å².